The molecule has 2 aromatic heterocycles. The molecule has 39 heavy (non-hydrogen) atoms. The first-order chi connectivity index (χ1) is 18.7. The van der Waals surface area contributed by atoms with Gasteiger partial charge >= 0.3 is 6.18 Å². The van der Waals surface area contributed by atoms with Crippen LogP contribution >= 0.6 is 35.3 Å². The predicted molar refractivity (Wildman–Crippen MR) is 155 cm³/mol. The van der Waals surface area contributed by atoms with E-state index in [0.29, 0.717) is 27.9 Å². The maximum atomic E-state index is 14.1. The Balaban J connectivity index is 1.23. The molecule has 0 radical (unpaired) electrons. The average molecular weight is 589 g/mol. The Kier molecular flexibility index (Phi) is 6.29. The van der Waals surface area contributed by atoms with E-state index < -0.39 is 11.7 Å². The van der Waals surface area contributed by atoms with Crippen molar-refractivity contribution in [3.8, 4) is 10.6 Å². The first-order valence-electron chi connectivity index (χ1n) is 13.1. The molecule has 2 unspecified atom stereocenters. The zero-order valence-corrected chi connectivity index (χ0v) is 23.7. The maximum absolute atomic E-state index is 14.1. The zero-order chi connectivity index (χ0) is 26.9. The number of halogens is 3. The number of rotatable bonds is 5. The number of hydrogen-bond donors (Lipinski definition) is 2. The number of aromatic nitrogens is 2. The Morgan fingerprint density at radius 2 is 2.05 bits per heavy atom. The standard InChI is InChI=1S/C27H27F3N6S3/c1-35-6-7-38-22-10-21(39-24(22)25(35)37)23-19(27(28,29)30)12-32-26(34-23)33-20-5-4-16(9-18(20)14-2-3-14)36-13-15-8-17(36)11-31-15/h4-5,9-10,12,14-15,17,31H,2-3,6-8,11,13H2,1H3,(H,32,33,34). The molecule has 1 aromatic carbocycles. The van der Waals surface area contributed by atoms with Crippen molar-refractivity contribution < 1.29 is 13.2 Å². The minimum Gasteiger partial charge on any atom is -0.366 e. The number of nitrogens with one attached hydrogen (secondary N) is 2. The van der Waals surface area contributed by atoms with Crippen LogP contribution in [-0.4, -0.2) is 64.4 Å². The molecule has 4 aliphatic rings. The molecule has 1 aliphatic carbocycles. The van der Waals surface area contributed by atoms with Gasteiger partial charge in [-0.05, 0) is 55.0 Å². The maximum Gasteiger partial charge on any atom is 0.420 e. The van der Waals surface area contributed by atoms with E-state index in [-0.39, 0.29) is 11.6 Å². The Morgan fingerprint density at radius 3 is 2.77 bits per heavy atom. The lowest BCUT2D eigenvalue weighted by Gasteiger charge is -2.30. The van der Waals surface area contributed by atoms with Crippen LogP contribution in [0.3, 0.4) is 0 Å². The van der Waals surface area contributed by atoms with Crippen LogP contribution in [0.25, 0.3) is 10.6 Å². The summed E-state index contributed by atoms with van der Waals surface area (Å²) < 4.78 is 42.2. The molecule has 2 N–H and O–H groups in total. The number of benzene rings is 1. The second kappa shape index (κ2) is 9.60. The fourth-order valence-corrected chi connectivity index (χ4v) is 8.56. The van der Waals surface area contributed by atoms with Gasteiger partial charge in [0.05, 0.1) is 15.4 Å². The van der Waals surface area contributed by atoms with Gasteiger partial charge in [-0.3, -0.25) is 0 Å². The van der Waals surface area contributed by atoms with E-state index in [9.17, 15) is 13.2 Å². The summed E-state index contributed by atoms with van der Waals surface area (Å²) >= 11 is 8.49. The smallest absolute Gasteiger partial charge is 0.366 e. The van der Waals surface area contributed by atoms with E-state index in [1.165, 1.54) is 29.0 Å². The first kappa shape index (κ1) is 25.6. The number of thioether (sulfide) groups is 1. The van der Waals surface area contributed by atoms with E-state index in [4.69, 9.17) is 12.2 Å². The number of nitrogens with zero attached hydrogens (tertiary/aromatic N) is 4. The first-order valence-corrected chi connectivity index (χ1v) is 15.3. The Hall–Kier alpha value is -2.41. The van der Waals surface area contributed by atoms with Gasteiger partial charge in [0.1, 0.15) is 10.6 Å². The molecule has 0 spiro atoms. The highest BCUT2D eigenvalue weighted by molar-refractivity contribution is 7.99. The van der Waals surface area contributed by atoms with Crippen molar-refractivity contribution in [3.05, 3.63) is 46.5 Å². The number of piperazine rings is 1. The molecule has 2 saturated heterocycles. The number of thiocarbonyl (C=S) groups is 1. The summed E-state index contributed by atoms with van der Waals surface area (Å²) in [6, 6.07) is 9.24. The van der Waals surface area contributed by atoms with Gasteiger partial charge < -0.3 is 20.4 Å². The highest BCUT2D eigenvalue weighted by atomic mass is 32.2. The summed E-state index contributed by atoms with van der Waals surface area (Å²) in [5.74, 6) is 1.42. The summed E-state index contributed by atoms with van der Waals surface area (Å²) in [7, 11) is 1.92. The number of thiophene rings is 1. The Labute approximate surface area is 238 Å². The highest BCUT2D eigenvalue weighted by Crippen LogP contribution is 2.47. The van der Waals surface area contributed by atoms with Crippen LogP contribution in [0.5, 0.6) is 0 Å². The molecule has 3 aliphatic heterocycles. The third kappa shape index (κ3) is 4.79. The van der Waals surface area contributed by atoms with Crippen LogP contribution in [0.4, 0.5) is 30.5 Å². The van der Waals surface area contributed by atoms with Gasteiger partial charge in [-0.1, -0.05) is 12.2 Å². The van der Waals surface area contributed by atoms with Crippen LogP contribution in [0.1, 0.15) is 41.2 Å². The molecule has 1 saturated carbocycles. The van der Waals surface area contributed by atoms with E-state index in [1.807, 2.05) is 18.0 Å². The molecule has 204 valence electrons. The predicted octanol–water partition coefficient (Wildman–Crippen LogP) is 6.11. The van der Waals surface area contributed by atoms with Crippen molar-refractivity contribution in [3.63, 3.8) is 0 Å². The second-order valence-corrected chi connectivity index (χ2v) is 13.2. The molecule has 7 rings (SSSR count). The van der Waals surface area contributed by atoms with Crippen LogP contribution in [0.2, 0.25) is 0 Å². The molecule has 6 nitrogen and oxygen atoms in total. The lowest BCUT2D eigenvalue weighted by atomic mass is 10.1. The van der Waals surface area contributed by atoms with Gasteiger partial charge in [-0.25, -0.2) is 9.97 Å². The topological polar surface area (TPSA) is 56.3 Å². The molecule has 5 heterocycles. The van der Waals surface area contributed by atoms with Crippen LogP contribution in [0.15, 0.2) is 35.4 Å². The van der Waals surface area contributed by atoms with Crippen molar-refractivity contribution >= 4 is 57.6 Å². The fourth-order valence-electron chi connectivity index (χ4n) is 5.72. The third-order valence-electron chi connectivity index (χ3n) is 7.94. The van der Waals surface area contributed by atoms with Gasteiger partial charge in [-0.15, -0.1) is 23.1 Å². The summed E-state index contributed by atoms with van der Waals surface area (Å²) in [5, 5.41) is 6.81. The minimum absolute atomic E-state index is 0.116. The monoisotopic (exact) mass is 588 g/mol. The van der Waals surface area contributed by atoms with Gasteiger partial charge in [0.15, 0.2) is 0 Å². The van der Waals surface area contributed by atoms with Gasteiger partial charge in [0.25, 0.3) is 0 Å². The summed E-state index contributed by atoms with van der Waals surface area (Å²) in [4.78, 5) is 15.8. The van der Waals surface area contributed by atoms with Crippen molar-refractivity contribution in [2.75, 3.05) is 42.7 Å². The normalized spacial score (nSPS) is 22.8. The molecule has 0 amide bonds. The summed E-state index contributed by atoms with van der Waals surface area (Å²) in [5.41, 5.74) is 2.29. The fraction of sp³-hybridized carbons (Fsp3) is 0.444. The molecule has 2 bridgehead atoms. The third-order valence-corrected chi connectivity index (χ3v) is 10.9. The van der Waals surface area contributed by atoms with Crippen LogP contribution in [-0.2, 0) is 6.18 Å². The largest absolute Gasteiger partial charge is 0.420 e. The molecule has 2 atom stereocenters. The van der Waals surface area contributed by atoms with E-state index >= 15 is 0 Å². The number of anilines is 3. The van der Waals surface area contributed by atoms with E-state index in [2.05, 4.69) is 37.6 Å². The molecule has 3 fully saturated rings. The number of fused-ring (bicyclic) bond motifs is 3. The van der Waals surface area contributed by atoms with Gasteiger partial charge in [-0.2, -0.15) is 13.2 Å². The molecule has 12 heteroatoms. The Bertz CT molecular complexity index is 1450. The minimum atomic E-state index is -4.58. The van der Waals surface area contributed by atoms with Crippen molar-refractivity contribution in [1.82, 2.24) is 20.2 Å². The average Bonchev–Trinajstić information content (AvgIpc) is 3.36. The van der Waals surface area contributed by atoms with E-state index in [1.54, 1.807) is 17.8 Å². The quantitative estimate of drug-likeness (QED) is 0.347. The second-order valence-electron chi connectivity index (χ2n) is 10.7. The highest BCUT2D eigenvalue weighted by Gasteiger charge is 2.39. The van der Waals surface area contributed by atoms with Crippen LogP contribution < -0.4 is 15.5 Å². The molecule has 3 aromatic rings. The lowest BCUT2D eigenvalue weighted by molar-refractivity contribution is -0.137. The van der Waals surface area contributed by atoms with Crippen LogP contribution in [0, 0.1) is 0 Å². The van der Waals surface area contributed by atoms with Gasteiger partial charge in [0, 0.05) is 67.0 Å². The SMILES string of the molecule is CN1CCSc2cc(-c3nc(Nc4ccc(N5CC6CC5CN6)cc4C4CC4)ncc3C(F)(F)F)sc2C1=S. The Morgan fingerprint density at radius 1 is 1.21 bits per heavy atom. The molecular formula is C27H27F3N6S3. The molecular weight excluding hydrogens is 562 g/mol. The van der Waals surface area contributed by atoms with Crippen molar-refractivity contribution in [2.24, 2.45) is 0 Å². The summed E-state index contributed by atoms with van der Waals surface area (Å²) in [6.45, 7) is 2.82. The number of hydrogen-bond acceptors (Lipinski definition) is 8. The zero-order valence-electron chi connectivity index (χ0n) is 21.2. The number of alkyl halides is 3. The summed E-state index contributed by atoms with van der Waals surface area (Å²) in [6.07, 6.45) is -0.293. The lowest BCUT2D eigenvalue weighted by Crippen LogP contribution is -2.43. The van der Waals surface area contributed by atoms with Gasteiger partial charge in [0.2, 0.25) is 5.95 Å². The van der Waals surface area contributed by atoms with Crippen molar-refractivity contribution in [2.45, 2.75) is 48.3 Å². The van der Waals surface area contributed by atoms with Crippen molar-refractivity contribution in [1.29, 1.82) is 0 Å². The van der Waals surface area contributed by atoms with E-state index in [0.717, 1.165) is 59.9 Å².